The van der Waals surface area contributed by atoms with E-state index in [-0.39, 0.29) is 0 Å². The number of nitrogens with zero attached hydrogens (tertiary/aromatic N) is 3. The highest BCUT2D eigenvalue weighted by Gasteiger charge is 2.12. The highest BCUT2D eigenvalue weighted by Crippen LogP contribution is 2.36. The molecular weight excluding hydrogens is 480 g/mol. The molecule has 6 rings (SSSR count). The normalized spacial score (nSPS) is 11.2. The average molecular weight is 497 g/mol. The van der Waals surface area contributed by atoms with Crippen LogP contribution in [0.25, 0.3) is 32.2 Å². The largest absolute Gasteiger partial charge is 0.338 e. The highest BCUT2D eigenvalue weighted by molar-refractivity contribution is 7.99. The zero-order valence-corrected chi connectivity index (χ0v) is 20.2. The standard InChI is InChI=1S/C27H17ClN4S2/c28-18-7-5-17(6-8-18)25-21-3-1-2-4-22(21)27(32-31-25)30-19-9-11-20(12-10-19)34-24-13-15-29-23-14-16-33-26(23)24/h1-16H,(H,30,32). The van der Waals surface area contributed by atoms with Crippen molar-refractivity contribution in [3.05, 3.63) is 102 Å². The average Bonchev–Trinajstić information content (AvgIpc) is 3.36. The van der Waals surface area contributed by atoms with E-state index in [9.17, 15) is 0 Å². The molecule has 3 heterocycles. The number of rotatable bonds is 5. The third kappa shape index (κ3) is 4.12. The van der Waals surface area contributed by atoms with Crippen molar-refractivity contribution in [2.24, 2.45) is 0 Å². The second-order valence-corrected chi connectivity index (χ2v) is 10.1. The van der Waals surface area contributed by atoms with Crippen molar-refractivity contribution in [3.8, 4) is 11.3 Å². The minimum absolute atomic E-state index is 0.699. The zero-order chi connectivity index (χ0) is 22.9. The van der Waals surface area contributed by atoms with Crippen molar-refractivity contribution < 1.29 is 0 Å². The van der Waals surface area contributed by atoms with Crippen molar-refractivity contribution in [2.45, 2.75) is 9.79 Å². The summed E-state index contributed by atoms with van der Waals surface area (Å²) in [4.78, 5) is 6.81. The molecule has 0 saturated heterocycles. The summed E-state index contributed by atoms with van der Waals surface area (Å²) in [6.07, 6.45) is 1.87. The number of thiophene rings is 1. The maximum Gasteiger partial charge on any atom is 0.161 e. The fourth-order valence-electron chi connectivity index (χ4n) is 3.82. The molecule has 0 aliphatic heterocycles. The molecule has 0 bridgehead atoms. The molecule has 0 aliphatic rings. The van der Waals surface area contributed by atoms with Crippen LogP contribution < -0.4 is 5.32 Å². The molecular formula is C27H17ClN4S2. The minimum Gasteiger partial charge on any atom is -0.338 e. The summed E-state index contributed by atoms with van der Waals surface area (Å²) in [5.41, 5.74) is 3.82. The lowest BCUT2D eigenvalue weighted by Crippen LogP contribution is -1.99. The Bertz CT molecular complexity index is 1610. The van der Waals surface area contributed by atoms with E-state index >= 15 is 0 Å². The molecule has 7 heteroatoms. The fraction of sp³-hybridized carbons (Fsp3) is 0. The quantitative estimate of drug-likeness (QED) is 0.259. The van der Waals surface area contributed by atoms with Gasteiger partial charge in [0.15, 0.2) is 5.82 Å². The number of nitrogens with one attached hydrogen (secondary N) is 1. The van der Waals surface area contributed by atoms with Gasteiger partial charge >= 0.3 is 0 Å². The number of fused-ring (bicyclic) bond motifs is 2. The molecule has 3 aromatic carbocycles. The number of hydrogen-bond donors (Lipinski definition) is 1. The van der Waals surface area contributed by atoms with Gasteiger partial charge in [0.25, 0.3) is 0 Å². The molecule has 0 spiro atoms. The Morgan fingerprint density at radius 2 is 1.59 bits per heavy atom. The van der Waals surface area contributed by atoms with Crippen LogP contribution in [0, 0.1) is 0 Å². The Morgan fingerprint density at radius 3 is 2.41 bits per heavy atom. The van der Waals surface area contributed by atoms with Gasteiger partial charge in [-0.3, -0.25) is 4.98 Å². The van der Waals surface area contributed by atoms with Crippen molar-refractivity contribution in [2.75, 3.05) is 5.32 Å². The van der Waals surface area contributed by atoms with Crippen LogP contribution in [0.4, 0.5) is 11.5 Å². The molecule has 4 nitrogen and oxygen atoms in total. The third-order valence-electron chi connectivity index (χ3n) is 5.46. The monoisotopic (exact) mass is 496 g/mol. The molecule has 0 saturated carbocycles. The summed E-state index contributed by atoms with van der Waals surface area (Å²) in [5, 5.41) is 17.3. The molecule has 0 unspecified atom stereocenters. The molecule has 0 fully saturated rings. The Kier molecular flexibility index (Phi) is 5.63. The Balaban J connectivity index is 1.28. The van der Waals surface area contributed by atoms with E-state index in [0.717, 1.165) is 39.1 Å². The Hall–Kier alpha value is -3.45. The molecule has 0 radical (unpaired) electrons. The first-order chi connectivity index (χ1) is 16.7. The first-order valence-corrected chi connectivity index (χ1v) is 12.7. The van der Waals surface area contributed by atoms with Crippen LogP contribution in [-0.4, -0.2) is 15.2 Å². The molecule has 164 valence electrons. The topological polar surface area (TPSA) is 50.7 Å². The van der Waals surface area contributed by atoms with Gasteiger partial charge in [-0.1, -0.05) is 59.8 Å². The first-order valence-electron chi connectivity index (χ1n) is 10.6. The summed E-state index contributed by atoms with van der Waals surface area (Å²) in [6.45, 7) is 0. The van der Waals surface area contributed by atoms with Gasteiger partial charge in [-0.25, -0.2) is 0 Å². The van der Waals surface area contributed by atoms with Crippen LogP contribution in [0.1, 0.15) is 0 Å². The van der Waals surface area contributed by atoms with E-state index in [1.165, 1.54) is 14.5 Å². The number of hydrogen-bond acceptors (Lipinski definition) is 6. The van der Waals surface area contributed by atoms with E-state index in [4.69, 9.17) is 11.6 Å². The molecule has 3 aromatic heterocycles. The maximum atomic E-state index is 6.06. The number of pyridine rings is 1. The summed E-state index contributed by atoms with van der Waals surface area (Å²) in [6, 6.07) is 28.3. The molecule has 34 heavy (non-hydrogen) atoms. The summed E-state index contributed by atoms with van der Waals surface area (Å²) in [7, 11) is 0. The Morgan fingerprint density at radius 1 is 0.794 bits per heavy atom. The second kappa shape index (κ2) is 9.06. The zero-order valence-electron chi connectivity index (χ0n) is 17.8. The van der Waals surface area contributed by atoms with E-state index in [1.807, 2.05) is 42.6 Å². The SMILES string of the molecule is Clc1ccc(-c2nnc(Nc3ccc(Sc4ccnc5ccsc45)cc3)c3ccccc23)cc1. The predicted octanol–water partition coefficient (Wildman–Crippen LogP) is 8.45. The van der Waals surface area contributed by atoms with Gasteiger partial charge in [0.05, 0.1) is 10.2 Å². The summed E-state index contributed by atoms with van der Waals surface area (Å²) < 4.78 is 1.22. The van der Waals surface area contributed by atoms with Crippen molar-refractivity contribution in [1.29, 1.82) is 0 Å². The van der Waals surface area contributed by atoms with Gasteiger partial charge in [-0.15, -0.1) is 21.5 Å². The Labute approximate surface area is 209 Å². The molecule has 0 amide bonds. The van der Waals surface area contributed by atoms with Crippen molar-refractivity contribution in [3.63, 3.8) is 0 Å². The van der Waals surface area contributed by atoms with Crippen LogP contribution in [0.5, 0.6) is 0 Å². The van der Waals surface area contributed by atoms with Crippen molar-refractivity contribution >= 4 is 67.2 Å². The summed E-state index contributed by atoms with van der Waals surface area (Å²) in [5.74, 6) is 0.725. The molecule has 1 N–H and O–H groups in total. The van der Waals surface area contributed by atoms with E-state index < -0.39 is 0 Å². The van der Waals surface area contributed by atoms with Gasteiger partial charge < -0.3 is 5.32 Å². The van der Waals surface area contributed by atoms with Gasteiger partial charge in [0.2, 0.25) is 0 Å². The van der Waals surface area contributed by atoms with Crippen LogP contribution in [0.15, 0.2) is 106 Å². The first kappa shape index (κ1) is 21.1. The fourth-order valence-corrected chi connectivity index (χ4v) is 5.82. The lowest BCUT2D eigenvalue weighted by atomic mass is 10.0. The van der Waals surface area contributed by atoms with Crippen LogP contribution in [0.2, 0.25) is 5.02 Å². The van der Waals surface area contributed by atoms with E-state index in [0.29, 0.717) is 5.02 Å². The van der Waals surface area contributed by atoms with E-state index in [1.54, 1.807) is 23.1 Å². The lowest BCUT2D eigenvalue weighted by Gasteiger charge is -2.12. The van der Waals surface area contributed by atoms with Gasteiger partial charge in [-0.05, 0) is 53.9 Å². The van der Waals surface area contributed by atoms with Gasteiger partial charge in [-0.2, -0.15) is 0 Å². The number of halogens is 1. The molecule has 0 atom stereocenters. The minimum atomic E-state index is 0.699. The van der Waals surface area contributed by atoms with E-state index in [2.05, 4.69) is 74.4 Å². The summed E-state index contributed by atoms with van der Waals surface area (Å²) >= 11 is 9.53. The number of benzene rings is 3. The van der Waals surface area contributed by atoms with Crippen LogP contribution in [-0.2, 0) is 0 Å². The third-order valence-corrected chi connectivity index (χ3v) is 7.84. The number of anilines is 2. The lowest BCUT2D eigenvalue weighted by molar-refractivity contribution is 1.06. The molecule has 6 aromatic rings. The van der Waals surface area contributed by atoms with Crippen LogP contribution in [0.3, 0.4) is 0 Å². The van der Waals surface area contributed by atoms with Gasteiger partial charge in [0.1, 0.15) is 5.69 Å². The van der Waals surface area contributed by atoms with Crippen molar-refractivity contribution in [1.82, 2.24) is 15.2 Å². The smallest absolute Gasteiger partial charge is 0.161 e. The van der Waals surface area contributed by atoms with Crippen LogP contribution >= 0.6 is 34.7 Å². The van der Waals surface area contributed by atoms with Gasteiger partial charge in [0, 0.05) is 43.0 Å². The molecule has 0 aliphatic carbocycles. The maximum absolute atomic E-state index is 6.06. The number of aromatic nitrogens is 3. The second-order valence-electron chi connectivity index (χ2n) is 7.65. The highest BCUT2D eigenvalue weighted by atomic mass is 35.5. The predicted molar refractivity (Wildman–Crippen MR) is 143 cm³/mol.